The number of aryl methyl sites for hydroxylation is 2. The molecule has 0 aliphatic heterocycles. The number of carbonyl (C=O) groups excluding carboxylic acids is 2. The second kappa shape index (κ2) is 9.67. The summed E-state index contributed by atoms with van der Waals surface area (Å²) in [6, 6.07) is 13.5. The maximum atomic E-state index is 12.9. The molecule has 0 fully saturated rings. The maximum Gasteiger partial charge on any atom is 0.216 e. The summed E-state index contributed by atoms with van der Waals surface area (Å²) in [5.74, 6) is -0.0289. The van der Waals surface area contributed by atoms with E-state index in [9.17, 15) is 9.59 Å². The molecule has 1 amide bonds. The summed E-state index contributed by atoms with van der Waals surface area (Å²) in [5, 5.41) is 15.0. The summed E-state index contributed by atoms with van der Waals surface area (Å²) in [5.41, 5.74) is 4.93. The number of benzene rings is 2. The molecule has 1 aromatic heterocycles. The SMILES string of the molecule is CC(=O)NCCc1ccc(C(=O)[C@@H](C)Sc2nnnn2-c2ccc(C)c(C)c2)cc1. The number of amides is 1. The molecule has 0 saturated heterocycles. The third-order valence-electron chi connectivity index (χ3n) is 4.85. The van der Waals surface area contributed by atoms with Crippen LogP contribution in [0.15, 0.2) is 47.6 Å². The molecule has 0 bridgehead atoms. The van der Waals surface area contributed by atoms with Crippen LogP contribution in [0.3, 0.4) is 0 Å². The maximum absolute atomic E-state index is 12.9. The monoisotopic (exact) mass is 423 g/mol. The Morgan fingerprint density at radius 2 is 1.83 bits per heavy atom. The third-order valence-corrected chi connectivity index (χ3v) is 5.89. The Balaban J connectivity index is 1.67. The summed E-state index contributed by atoms with van der Waals surface area (Å²) in [4.78, 5) is 23.8. The van der Waals surface area contributed by atoms with Gasteiger partial charge in [-0.2, -0.15) is 4.68 Å². The largest absolute Gasteiger partial charge is 0.356 e. The van der Waals surface area contributed by atoms with Crippen LogP contribution in [0, 0.1) is 13.8 Å². The summed E-state index contributed by atoms with van der Waals surface area (Å²) in [6.45, 7) is 8.03. The third kappa shape index (κ3) is 5.33. The number of carbonyl (C=O) groups is 2. The number of Topliss-reactive ketones (excluding diaryl/α,β-unsaturated/α-hetero) is 1. The van der Waals surface area contributed by atoms with Crippen molar-refractivity contribution in [1.82, 2.24) is 25.5 Å². The molecule has 156 valence electrons. The predicted octanol–water partition coefficient (Wildman–Crippen LogP) is 3.32. The Labute approximate surface area is 180 Å². The first-order valence-electron chi connectivity index (χ1n) is 9.75. The van der Waals surface area contributed by atoms with Crippen LogP contribution in [0.2, 0.25) is 0 Å². The van der Waals surface area contributed by atoms with Crippen molar-refractivity contribution in [3.05, 3.63) is 64.7 Å². The number of tetrazole rings is 1. The van der Waals surface area contributed by atoms with Crippen LogP contribution in [0.1, 0.15) is 40.9 Å². The highest BCUT2D eigenvalue weighted by atomic mass is 32.2. The summed E-state index contributed by atoms with van der Waals surface area (Å²) in [6.07, 6.45) is 0.725. The van der Waals surface area contributed by atoms with E-state index in [-0.39, 0.29) is 16.9 Å². The van der Waals surface area contributed by atoms with Gasteiger partial charge in [0.2, 0.25) is 11.1 Å². The van der Waals surface area contributed by atoms with E-state index < -0.39 is 0 Å². The molecule has 3 rings (SSSR count). The highest BCUT2D eigenvalue weighted by molar-refractivity contribution is 8.00. The van der Waals surface area contributed by atoms with Crippen molar-refractivity contribution in [2.24, 2.45) is 0 Å². The molecule has 0 saturated carbocycles. The number of ketones is 1. The molecule has 0 aliphatic rings. The fraction of sp³-hybridized carbons (Fsp3) is 0.318. The lowest BCUT2D eigenvalue weighted by molar-refractivity contribution is -0.118. The van der Waals surface area contributed by atoms with E-state index in [0.717, 1.165) is 23.2 Å². The fourth-order valence-corrected chi connectivity index (χ4v) is 3.82. The zero-order valence-electron chi connectivity index (χ0n) is 17.5. The van der Waals surface area contributed by atoms with Crippen LogP contribution in [0.5, 0.6) is 0 Å². The van der Waals surface area contributed by atoms with Gasteiger partial charge < -0.3 is 5.32 Å². The summed E-state index contributed by atoms with van der Waals surface area (Å²) in [7, 11) is 0. The van der Waals surface area contributed by atoms with Gasteiger partial charge in [0.05, 0.1) is 10.9 Å². The van der Waals surface area contributed by atoms with E-state index in [1.807, 2.05) is 56.3 Å². The number of nitrogens with zero attached hydrogens (tertiary/aromatic N) is 4. The molecule has 8 heteroatoms. The van der Waals surface area contributed by atoms with E-state index in [1.54, 1.807) is 4.68 Å². The Morgan fingerprint density at radius 3 is 2.50 bits per heavy atom. The standard InChI is InChI=1S/C22H25N5O2S/c1-14-5-10-20(13-15(14)2)27-22(24-25-26-27)30-16(3)21(29)19-8-6-18(7-9-19)11-12-23-17(4)28/h5-10,13,16H,11-12H2,1-4H3,(H,23,28)/t16-/m1/s1. The lowest BCUT2D eigenvalue weighted by Crippen LogP contribution is -2.22. The van der Waals surface area contributed by atoms with Gasteiger partial charge in [0.25, 0.3) is 0 Å². The average molecular weight is 424 g/mol. The minimum atomic E-state index is -0.341. The number of aromatic nitrogens is 4. The number of thioether (sulfide) groups is 1. The van der Waals surface area contributed by atoms with Crippen molar-refractivity contribution in [1.29, 1.82) is 0 Å². The molecule has 2 aromatic carbocycles. The molecule has 1 heterocycles. The first-order chi connectivity index (χ1) is 14.3. The van der Waals surface area contributed by atoms with Crippen LogP contribution < -0.4 is 5.32 Å². The van der Waals surface area contributed by atoms with Crippen molar-refractivity contribution in [2.45, 2.75) is 44.5 Å². The van der Waals surface area contributed by atoms with Crippen molar-refractivity contribution in [3.63, 3.8) is 0 Å². The number of rotatable bonds is 8. The quantitative estimate of drug-likeness (QED) is 0.442. The fourth-order valence-electron chi connectivity index (χ4n) is 2.94. The number of nitrogens with one attached hydrogen (secondary N) is 1. The Bertz CT molecular complexity index is 1050. The minimum Gasteiger partial charge on any atom is -0.356 e. The first-order valence-corrected chi connectivity index (χ1v) is 10.6. The number of hydrogen-bond donors (Lipinski definition) is 1. The van der Waals surface area contributed by atoms with Gasteiger partial charge in [-0.15, -0.1) is 5.10 Å². The molecule has 0 spiro atoms. The predicted molar refractivity (Wildman–Crippen MR) is 117 cm³/mol. The van der Waals surface area contributed by atoms with Crippen LogP contribution in [-0.4, -0.2) is 43.7 Å². The zero-order valence-corrected chi connectivity index (χ0v) is 18.4. The van der Waals surface area contributed by atoms with E-state index in [4.69, 9.17) is 0 Å². The van der Waals surface area contributed by atoms with E-state index in [0.29, 0.717) is 17.3 Å². The molecule has 3 aromatic rings. The van der Waals surface area contributed by atoms with E-state index >= 15 is 0 Å². The van der Waals surface area contributed by atoms with Crippen molar-refractivity contribution >= 4 is 23.5 Å². The van der Waals surface area contributed by atoms with Crippen LogP contribution >= 0.6 is 11.8 Å². The molecular formula is C22H25N5O2S. The van der Waals surface area contributed by atoms with E-state index in [2.05, 4.69) is 27.8 Å². The van der Waals surface area contributed by atoms with Crippen molar-refractivity contribution in [2.75, 3.05) is 6.54 Å². The van der Waals surface area contributed by atoms with Crippen LogP contribution in [0.25, 0.3) is 5.69 Å². The van der Waals surface area contributed by atoms with Gasteiger partial charge in [-0.05, 0) is 66.4 Å². The molecular weight excluding hydrogens is 398 g/mol. The zero-order chi connectivity index (χ0) is 21.7. The molecule has 0 radical (unpaired) electrons. The minimum absolute atomic E-state index is 0.0167. The van der Waals surface area contributed by atoms with Gasteiger partial charge in [0.15, 0.2) is 5.78 Å². The van der Waals surface area contributed by atoms with E-state index in [1.165, 1.54) is 24.2 Å². The second-order valence-corrected chi connectivity index (χ2v) is 8.50. The highest BCUT2D eigenvalue weighted by Gasteiger charge is 2.20. The Kier molecular flexibility index (Phi) is 6.99. The molecule has 1 atom stereocenters. The molecule has 30 heavy (non-hydrogen) atoms. The lowest BCUT2D eigenvalue weighted by Gasteiger charge is -2.11. The van der Waals surface area contributed by atoms with Gasteiger partial charge in [-0.3, -0.25) is 9.59 Å². The smallest absolute Gasteiger partial charge is 0.216 e. The van der Waals surface area contributed by atoms with Crippen LogP contribution in [0.4, 0.5) is 0 Å². The molecule has 1 N–H and O–H groups in total. The topological polar surface area (TPSA) is 89.8 Å². The lowest BCUT2D eigenvalue weighted by atomic mass is 10.0. The molecule has 0 aliphatic carbocycles. The Morgan fingerprint density at radius 1 is 1.10 bits per heavy atom. The normalized spacial score (nSPS) is 11.9. The molecule has 0 unspecified atom stereocenters. The average Bonchev–Trinajstić information content (AvgIpc) is 3.18. The van der Waals surface area contributed by atoms with Crippen LogP contribution in [-0.2, 0) is 11.2 Å². The van der Waals surface area contributed by atoms with Gasteiger partial charge in [0.1, 0.15) is 0 Å². The van der Waals surface area contributed by atoms with Gasteiger partial charge in [-0.1, -0.05) is 42.1 Å². The van der Waals surface area contributed by atoms with Gasteiger partial charge in [0, 0.05) is 19.0 Å². The first kappa shape index (κ1) is 21.7. The highest BCUT2D eigenvalue weighted by Crippen LogP contribution is 2.26. The molecule has 7 nitrogen and oxygen atoms in total. The number of hydrogen-bond acceptors (Lipinski definition) is 6. The van der Waals surface area contributed by atoms with Crippen molar-refractivity contribution < 1.29 is 9.59 Å². The summed E-state index contributed by atoms with van der Waals surface area (Å²) < 4.78 is 1.66. The van der Waals surface area contributed by atoms with Crippen molar-refractivity contribution in [3.8, 4) is 5.69 Å². The Hall–Kier alpha value is -3.00. The summed E-state index contributed by atoms with van der Waals surface area (Å²) >= 11 is 1.34. The van der Waals surface area contributed by atoms with Gasteiger partial charge in [-0.25, -0.2) is 0 Å². The van der Waals surface area contributed by atoms with Gasteiger partial charge >= 0.3 is 0 Å². The second-order valence-electron chi connectivity index (χ2n) is 7.20.